The van der Waals surface area contributed by atoms with Crippen LogP contribution in [0.15, 0.2) is 47.1 Å². The molecule has 0 saturated heterocycles. The molecule has 0 amide bonds. The average Bonchev–Trinajstić information content (AvgIpc) is 2.99. The molecule has 3 heteroatoms. The second-order valence-corrected chi connectivity index (χ2v) is 9.60. The van der Waals surface area contributed by atoms with Gasteiger partial charge in [0, 0.05) is 6.61 Å². The zero-order valence-corrected chi connectivity index (χ0v) is 20.3. The summed E-state index contributed by atoms with van der Waals surface area (Å²) < 4.78 is 0. The van der Waals surface area contributed by atoms with Crippen LogP contribution in [0.4, 0.5) is 0 Å². The Morgan fingerprint density at radius 1 is 1.20 bits per heavy atom. The summed E-state index contributed by atoms with van der Waals surface area (Å²) in [6.45, 7) is 16.2. The summed E-state index contributed by atoms with van der Waals surface area (Å²) in [5, 5.41) is 27.0. The van der Waals surface area contributed by atoms with Gasteiger partial charge in [-0.3, -0.25) is 0 Å². The van der Waals surface area contributed by atoms with E-state index in [9.17, 15) is 5.11 Å². The van der Waals surface area contributed by atoms with Crippen molar-refractivity contribution in [1.82, 2.24) is 0 Å². The quantitative estimate of drug-likeness (QED) is 0.474. The van der Waals surface area contributed by atoms with Crippen molar-refractivity contribution in [3.8, 4) is 0 Å². The van der Waals surface area contributed by atoms with Gasteiger partial charge in [0.25, 0.3) is 0 Å². The van der Waals surface area contributed by atoms with Crippen molar-refractivity contribution in [2.75, 3.05) is 6.61 Å². The lowest BCUT2D eigenvalue weighted by Crippen LogP contribution is -2.29. The van der Waals surface area contributed by atoms with Gasteiger partial charge in [-0.25, -0.2) is 0 Å². The Labute approximate surface area is 185 Å². The van der Waals surface area contributed by atoms with Gasteiger partial charge in [-0.15, -0.1) is 0 Å². The molecule has 3 nitrogen and oxygen atoms in total. The molecule has 0 aliphatic heterocycles. The van der Waals surface area contributed by atoms with Gasteiger partial charge < -0.3 is 15.3 Å². The van der Waals surface area contributed by atoms with Crippen molar-refractivity contribution >= 4 is 0 Å². The molecule has 0 bridgehead atoms. The molecule has 2 unspecified atom stereocenters. The highest BCUT2D eigenvalue weighted by Crippen LogP contribution is 2.54. The summed E-state index contributed by atoms with van der Waals surface area (Å²) in [7, 11) is 0. The fourth-order valence-electron chi connectivity index (χ4n) is 4.73. The molecular formula is C27H46O3. The van der Waals surface area contributed by atoms with Crippen molar-refractivity contribution in [2.24, 2.45) is 11.3 Å². The maximum absolute atomic E-state index is 9.94. The highest BCUT2D eigenvalue weighted by atomic mass is 16.3. The minimum Gasteiger partial charge on any atom is -0.396 e. The fourth-order valence-corrected chi connectivity index (χ4v) is 4.73. The molecule has 3 atom stereocenters. The van der Waals surface area contributed by atoms with Crippen LogP contribution in [0.2, 0.25) is 0 Å². The summed E-state index contributed by atoms with van der Waals surface area (Å²) in [6, 6.07) is 0. The summed E-state index contributed by atoms with van der Waals surface area (Å²) in [6.07, 6.45) is 15.3. The molecule has 172 valence electrons. The van der Waals surface area contributed by atoms with Gasteiger partial charge in [0.05, 0.1) is 11.7 Å². The third-order valence-electron chi connectivity index (χ3n) is 6.90. The van der Waals surface area contributed by atoms with E-state index < -0.39 is 5.60 Å². The van der Waals surface area contributed by atoms with Gasteiger partial charge in [0.2, 0.25) is 0 Å². The van der Waals surface area contributed by atoms with Crippen molar-refractivity contribution in [3.63, 3.8) is 0 Å². The van der Waals surface area contributed by atoms with E-state index >= 15 is 0 Å². The van der Waals surface area contributed by atoms with Crippen molar-refractivity contribution < 1.29 is 15.3 Å². The van der Waals surface area contributed by atoms with Gasteiger partial charge in [-0.05, 0) is 94.6 Å². The second-order valence-electron chi connectivity index (χ2n) is 9.60. The zero-order valence-electron chi connectivity index (χ0n) is 20.3. The summed E-state index contributed by atoms with van der Waals surface area (Å²) >= 11 is 0. The van der Waals surface area contributed by atoms with Gasteiger partial charge in [-0.1, -0.05) is 56.7 Å². The number of rotatable bonds is 3. The summed E-state index contributed by atoms with van der Waals surface area (Å²) in [5.41, 5.74) is 5.09. The average molecular weight is 419 g/mol. The van der Waals surface area contributed by atoms with Crippen LogP contribution in [-0.4, -0.2) is 33.6 Å². The number of allylic oxidation sites excluding steroid dienone is 5. The minimum atomic E-state index is -0.700. The van der Waals surface area contributed by atoms with E-state index in [-0.39, 0.29) is 12.7 Å². The van der Waals surface area contributed by atoms with E-state index in [0.717, 1.165) is 24.8 Å². The molecule has 0 aromatic rings. The van der Waals surface area contributed by atoms with Gasteiger partial charge in [-0.2, -0.15) is 0 Å². The Morgan fingerprint density at radius 2 is 1.87 bits per heavy atom. The maximum atomic E-state index is 9.94. The second kappa shape index (κ2) is 12.0. The molecule has 0 aromatic carbocycles. The molecule has 2 fully saturated rings. The zero-order chi connectivity index (χ0) is 22.9. The first kappa shape index (κ1) is 26.9. The van der Waals surface area contributed by atoms with Crippen LogP contribution in [0.25, 0.3) is 0 Å². The minimum absolute atomic E-state index is 0.0590. The van der Waals surface area contributed by atoms with Crippen molar-refractivity contribution in [2.45, 2.75) is 105 Å². The molecule has 3 aliphatic rings. The van der Waals surface area contributed by atoms with Crippen LogP contribution in [0, 0.1) is 11.3 Å². The monoisotopic (exact) mass is 418 g/mol. The number of aliphatic hydroxyl groups excluding tert-OH is 2. The van der Waals surface area contributed by atoms with Crippen LogP contribution >= 0.6 is 0 Å². The van der Waals surface area contributed by atoms with Crippen LogP contribution in [0.5, 0.6) is 0 Å². The van der Waals surface area contributed by atoms with E-state index in [2.05, 4.69) is 38.7 Å². The number of hydrogen-bond acceptors (Lipinski definition) is 3. The molecule has 3 N–H and O–H groups in total. The predicted octanol–water partition coefficient (Wildman–Crippen LogP) is 6.26. The largest absolute Gasteiger partial charge is 0.396 e. The molecule has 30 heavy (non-hydrogen) atoms. The molecule has 3 aliphatic carbocycles. The Hall–Kier alpha value is -1.16. The smallest absolute Gasteiger partial charge is 0.0787 e. The Kier molecular flexibility index (Phi) is 10.8. The molecule has 3 rings (SSSR count). The number of aliphatic hydroxyl groups is 3. The predicted molar refractivity (Wildman–Crippen MR) is 128 cm³/mol. The number of fused-ring (bicyclic) bond motifs is 1. The lowest BCUT2D eigenvalue weighted by molar-refractivity contribution is 0.0515. The Morgan fingerprint density at radius 3 is 2.43 bits per heavy atom. The molecule has 2 saturated carbocycles. The first-order chi connectivity index (χ1) is 14.1. The lowest BCUT2D eigenvalue weighted by atomic mass is 9.64. The van der Waals surface area contributed by atoms with Gasteiger partial charge >= 0.3 is 0 Å². The van der Waals surface area contributed by atoms with Gasteiger partial charge in [0.15, 0.2) is 0 Å². The SMILES string of the molecule is C=C1/C(=C\C=C2/CCCC3(C)C(C)=CCC23)CCC[C@@H]1O.CC.CC(C)(O)CCO. The molecule has 0 heterocycles. The first-order valence-electron chi connectivity index (χ1n) is 11.9. The Balaban J connectivity index is 0.000000428. The van der Waals surface area contributed by atoms with Gasteiger partial charge in [0.1, 0.15) is 0 Å². The van der Waals surface area contributed by atoms with Crippen molar-refractivity contribution in [3.05, 3.63) is 47.1 Å². The molecule has 0 radical (unpaired) electrons. The van der Waals surface area contributed by atoms with E-state index in [1.165, 1.54) is 31.3 Å². The van der Waals surface area contributed by atoms with Crippen LogP contribution in [0.1, 0.15) is 92.9 Å². The van der Waals surface area contributed by atoms with Crippen molar-refractivity contribution in [1.29, 1.82) is 0 Å². The summed E-state index contributed by atoms with van der Waals surface area (Å²) in [5.74, 6) is 0.699. The van der Waals surface area contributed by atoms with Crippen LogP contribution in [-0.2, 0) is 0 Å². The van der Waals surface area contributed by atoms with Crippen LogP contribution in [0.3, 0.4) is 0 Å². The first-order valence-corrected chi connectivity index (χ1v) is 11.9. The third-order valence-corrected chi connectivity index (χ3v) is 6.90. The summed E-state index contributed by atoms with van der Waals surface area (Å²) in [4.78, 5) is 0. The number of hydrogen-bond donors (Lipinski definition) is 3. The Bertz CT molecular complexity index is 648. The highest BCUT2D eigenvalue weighted by Gasteiger charge is 2.42. The fraction of sp³-hybridized carbons (Fsp3) is 0.704. The third kappa shape index (κ3) is 7.21. The van der Waals surface area contributed by atoms with Crippen LogP contribution < -0.4 is 0 Å². The molecule has 0 spiro atoms. The molecule has 0 aromatic heterocycles. The molecular weight excluding hydrogens is 372 g/mol. The topological polar surface area (TPSA) is 60.7 Å². The standard InChI is InChI=1S/C20H28O.C5H12O2.C2H6/c1-14-9-12-18-17(7-5-13-20(14,18)3)11-10-16-6-4-8-19(21)15(16)2;1-5(2,7)3-4-6;1-2/h9-11,18-19,21H,2,4-8,12-13H2,1,3H3;6-7H,3-4H2,1-2H3;1-2H3/b16-10-,17-11+;;/t18?,19-,20?;;/m0../s1. The van der Waals surface area contributed by atoms with E-state index in [1.54, 1.807) is 25.0 Å². The lowest BCUT2D eigenvalue weighted by Gasteiger charge is -2.40. The van der Waals surface area contributed by atoms with E-state index in [1.807, 2.05) is 13.8 Å². The highest BCUT2D eigenvalue weighted by molar-refractivity contribution is 5.39. The maximum Gasteiger partial charge on any atom is 0.0787 e. The van der Waals surface area contributed by atoms with E-state index in [4.69, 9.17) is 10.2 Å². The normalized spacial score (nSPS) is 31.4. The van der Waals surface area contributed by atoms with E-state index in [0.29, 0.717) is 17.8 Å².